The fourth-order valence-corrected chi connectivity index (χ4v) is 8.58. The van der Waals surface area contributed by atoms with E-state index in [0.29, 0.717) is 22.3 Å². The highest BCUT2D eigenvalue weighted by molar-refractivity contribution is 8.01. The van der Waals surface area contributed by atoms with Crippen molar-refractivity contribution in [3.8, 4) is 11.5 Å². The molecule has 7 heteroatoms. The first-order chi connectivity index (χ1) is 19.9. The Morgan fingerprint density at radius 3 is 1.38 bits per heavy atom. The van der Waals surface area contributed by atoms with Crippen LogP contribution in [0.3, 0.4) is 0 Å². The third-order valence-electron chi connectivity index (χ3n) is 7.50. The maximum absolute atomic E-state index is 15.5. The molecule has 216 valence electrons. The van der Waals surface area contributed by atoms with Crippen molar-refractivity contribution < 1.29 is 28.4 Å². The molecule has 4 aromatic rings. The first-order valence-electron chi connectivity index (χ1n) is 13.6. The van der Waals surface area contributed by atoms with Gasteiger partial charge >= 0.3 is 0 Å². The second kappa shape index (κ2) is 11.9. The van der Waals surface area contributed by atoms with E-state index in [9.17, 15) is 14.4 Å². The predicted octanol–water partition coefficient (Wildman–Crippen LogP) is 7.45. The molecule has 0 N–H and O–H groups in total. The largest absolute Gasteiger partial charge is 0.496 e. The summed E-state index contributed by atoms with van der Waals surface area (Å²) in [7, 11) is -1.81. The molecule has 42 heavy (non-hydrogen) atoms. The highest BCUT2D eigenvalue weighted by atomic mass is 31.2. The lowest BCUT2D eigenvalue weighted by atomic mass is 10.0. The number of methoxy groups -OCH3 is 2. The quantitative estimate of drug-likeness (QED) is 0.150. The van der Waals surface area contributed by atoms with E-state index in [0.717, 1.165) is 11.1 Å². The summed E-state index contributed by atoms with van der Waals surface area (Å²) in [6, 6.07) is 18.4. The van der Waals surface area contributed by atoms with Gasteiger partial charge in [0, 0.05) is 22.0 Å². The van der Waals surface area contributed by atoms with Crippen molar-refractivity contribution in [2.45, 2.75) is 41.5 Å². The molecule has 0 unspecified atom stereocenters. The molecule has 0 aromatic heterocycles. The molecule has 0 radical (unpaired) electrons. The molecular weight excluding hydrogens is 547 g/mol. The summed E-state index contributed by atoms with van der Waals surface area (Å²) in [6.45, 7) is 10.9. The highest BCUT2D eigenvalue weighted by Crippen LogP contribution is 2.54. The number of rotatable bonds is 9. The zero-order valence-electron chi connectivity index (χ0n) is 25.2. The van der Waals surface area contributed by atoms with Crippen LogP contribution in [-0.4, -0.2) is 31.1 Å². The van der Waals surface area contributed by atoms with Crippen LogP contribution in [0.15, 0.2) is 66.7 Å². The first kappa shape index (κ1) is 30.7. The summed E-state index contributed by atoms with van der Waals surface area (Å²) < 4.78 is 26.5. The summed E-state index contributed by atoms with van der Waals surface area (Å²) in [5, 5.41) is -0.114. The van der Waals surface area contributed by atoms with E-state index in [1.54, 1.807) is 58.0 Å². The predicted molar refractivity (Wildman–Crippen MR) is 167 cm³/mol. The van der Waals surface area contributed by atoms with Crippen LogP contribution in [-0.2, 0) is 4.57 Å². The number of carbonyl (C=O) groups excluding carboxylic acids is 3. The molecular formula is C35H35O6P. The van der Waals surface area contributed by atoms with Gasteiger partial charge in [-0.3, -0.25) is 14.4 Å². The molecule has 6 nitrogen and oxygen atoms in total. The third kappa shape index (κ3) is 5.23. The zero-order valence-corrected chi connectivity index (χ0v) is 26.1. The number of hydrogen-bond donors (Lipinski definition) is 0. The van der Waals surface area contributed by atoms with Crippen molar-refractivity contribution in [1.29, 1.82) is 0 Å². The van der Waals surface area contributed by atoms with Crippen LogP contribution >= 0.6 is 7.14 Å². The molecule has 0 saturated heterocycles. The Balaban J connectivity index is 2.09. The molecule has 0 saturated carbocycles. The molecule has 0 spiro atoms. The highest BCUT2D eigenvalue weighted by Gasteiger charge is 2.47. The van der Waals surface area contributed by atoms with E-state index >= 15 is 4.57 Å². The van der Waals surface area contributed by atoms with Crippen molar-refractivity contribution in [3.63, 3.8) is 0 Å². The molecule has 0 amide bonds. The molecule has 0 heterocycles. The number of carbonyl (C=O) groups is 3. The van der Waals surface area contributed by atoms with Crippen LogP contribution in [0.1, 0.15) is 70.0 Å². The average molecular weight is 583 g/mol. The normalized spacial score (nSPS) is 11.2. The zero-order chi connectivity index (χ0) is 30.9. The second-order valence-electron chi connectivity index (χ2n) is 10.7. The Labute approximate surface area is 247 Å². The maximum atomic E-state index is 15.5. The van der Waals surface area contributed by atoms with E-state index in [4.69, 9.17) is 9.47 Å². The van der Waals surface area contributed by atoms with Crippen LogP contribution in [0.5, 0.6) is 11.5 Å². The van der Waals surface area contributed by atoms with E-state index < -0.39 is 24.0 Å². The van der Waals surface area contributed by atoms with Gasteiger partial charge in [-0.1, -0.05) is 59.7 Å². The lowest BCUT2D eigenvalue weighted by Gasteiger charge is -2.23. The SMILES string of the molecule is COc1cccc(OC)c1C(=O)c1ccccc1P(=O)(C(=O)c1c(C)cc(C)cc1C)C(=O)c1c(C)cc(C)cc1C. The Bertz CT molecular complexity index is 1660. The van der Waals surface area contributed by atoms with Crippen molar-refractivity contribution >= 4 is 29.3 Å². The minimum Gasteiger partial charge on any atom is -0.496 e. The smallest absolute Gasteiger partial charge is 0.249 e. The van der Waals surface area contributed by atoms with Gasteiger partial charge in [0.15, 0.2) is 0 Å². The van der Waals surface area contributed by atoms with Crippen molar-refractivity contribution in [2.24, 2.45) is 0 Å². The van der Waals surface area contributed by atoms with Crippen molar-refractivity contribution in [2.75, 3.05) is 14.2 Å². The fourth-order valence-electron chi connectivity index (χ4n) is 5.81. The molecule has 0 atom stereocenters. The molecule has 0 fully saturated rings. The minimum absolute atomic E-state index is 0.0323. The number of ketones is 1. The maximum Gasteiger partial charge on any atom is 0.249 e. The Morgan fingerprint density at radius 2 is 0.976 bits per heavy atom. The summed E-state index contributed by atoms with van der Waals surface area (Å²) in [5.41, 5.74) is 3.23. The standard InChI is InChI=1S/C35H35O6P/c1-20-16-22(3)30(23(4)17-20)34(37)42(39,35(38)31-24(5)18-21(2)19-25(31)6)29-15-10-9-12-26(29)33(36)32-27(40-7)13-11-14-28(32)41-8/h9-19H,1-8H3. The summed E-state index contributed by atoms with van der Waals surface area (Å²) in [4.78, 5) is 43.5. The molecule has 4 aromatic carbocycles. The lowest BCUT2D eigenvalue weighted by Crippen LogP contribution is -2.27. The summed E-state index contributed by atoms with van der Waals surface area (Å²) >= 11 is 0. The topological polar surface area (TPSA) is 86.7 Å². The van der Waals surface area contributed by atoms with Gasteiger partial charge in [-0.2, -0.15) is 0 Å². The number of hydrogen-bond acceptors (Lipinski definition) is 6. The number of benzene rings is 4. The van der Waals surface area contributed by atoms with Gasteiger partial charge in [-0.05, 0) is 82.0 Å². The number of aryl methyl sites for hydroxylation is 6. The monoisotopic (exact) mass is 582 g/mol. The van der Waals surface area contributed by atoms with Crippen LogP contribution in [0.4, 0.5) is 0 Å². The Morgan fingerprint density at radius 1 is 0.571 bits per heavy atom. The number of ether oxygens (including phenoxy) is 2. The van der Waals surface area contributed by atoms with Gasteiger partial charge < -0.3 is 14.0 Å². The molecule has 0 aliphatic heterocycles. The summed E-state index contributed by atoms with van der Waals surface area (Å²) in [6.07, 6.45) is 0. The first-order valence-corrected chi connectivity index (χ1v) is 15.3. The van der Waals surface area contributed by atoms with Crippen LogP contribution in [0, 0.1) is 41.5 Å². The summed E-state index contributed by atoms with van der Waals surface area (Å²) in [5.74, 6) is -0.0791. The van der Waals surface area contributed by atoms with Gasteiger partial charge in [-0.15, -0.1) is 0 Å². The Kier molecular flexibility index (Phi) is 8.70. The van der Waals surface area contributed by atoms with Gasteiger partial charge in [0.05, 0.1) is 14.2 Å². The Hall–Kier alpha value is -4.28. The van der Waals surface area contributed by atoms with Gasteiger partial charge in [0.25, 0.3) is 0 Å². The van der Waals surface area contributed by atoms with Crippen molar-refractivity contribution in [1.82, 2.24) is 0 Å². The third-order valence-corrected chi connectivity index (χ3v) is 10.2. The lowest BCUT2D eigenvalue weighted by molar-refractivity contribution is 0.103. The van der Waals surface area contributed by atoms with Gasteiger partial charge in [0.1, 0.15) is 17.1 Å². The molecule has 0 aliphatic carbocycles. The van der Waals surface area contributed by atoms with Crippen LogP contribution in [0.25, 0.3) is 0 Å². The van der Waals surface area contributed by atoms with E-state index in [1.165, 1.54) is 26.4 Å². The minimum atomic E-state index is -4.67. The van der Waals surface area contributed by atoms with Crippen LogP contribution < -0.4 is 14.8 Å². The van der Waals surface area contributed by atoms with Crippen LogP contribution in [0.2, 0.25) is 0 Å². The average Bonchev–Trinajstić information content (AvgIpc) is 2.94. The van der Waals surface area contributed by atoms with Crippen molar-refractivity contribution in [3.05, 3.63) is 122 Å². The molecule has 0 aliphatic rings. The fraction of sp³-hybridized carbons (Fsp3) is 0.229. The van der Waals surface area contributed by atoms with E-state index in [1.807, 2.05) is 38.1 Å². The van der Waals surface area contributed by atoms with E-state index in [2.05, 4.69) is 0 Å². The van der Waals surface area contributed by atoms with Gasteiger partial charge in [-0.25, -0.2) is 0 Å². The second-order valence-corrected chi connectivity index (χ2v) is 13.2. The molecule has 0 bridgehead atoms. The van der Waals surface area contributed by atoms with E-state index in [-0.39, 0.29) is 39.1 Å². The molecule has 4 rings (SSSR count). The van der Waals surface area contributed by atoms with Gasteiger partial charge in [0.2, 0.25) is 24.0 Å².